The average Bonchev–Trinajstić information content (AvgIpc) is 3.15. The average molecular weight is 606 g/mol. The zero-order chi connectivity index (χ0) is 31.6. The van der Waals surface area contributed by atoms with Gasteiger partial charge in [0.15, 0.2) is 5.78 Å². The van der Waals surface area contributed by atoms with Gasteiger partial charge in [-0.25, -0.2) is 0 Å². The normalized spacial score (nSPS) is 20.0. The number of ketones is 1. The first-order valence-corrected chi connectivity index (χ1v) is 15.5. The summed E-state index contributed by atoms with van der Waals surface area (Å²) in [7, 11) is 0. The number of nitro benzene ring substituents is 1. The van der Waals surface area contributed by atoms with E-state index >= 15 is 0 Å². The largest absolute Gasteiger partial charge is 0.357 e. The molecule has 1 fully saturated rings. The molecule has 1 saturated heterocycles. The number of para-hydroxylation sites is 2. The predicted octanol–water partition coefficient (Wildman–Crippen LogP) is 6.07. The summed E-state index contributed by atoms with van der Waals surface area (Å²) >= 11 is 0. The minimum absolute atomic E-state index is 0.0103. The van der Waals surface area contributed by atoms with E-state index in [1.54, 1.807) is 12.1 Å². The first kappa shape index (κ1) is 30.3. The molecular formula is C36H39N5O4. The Morgan fingerprint density at radius 2 is 1.64 bits per heavy atom. The molecular weight excluding hydrogens is 566 g/mol. The highest BCUT2D eigenvalue weighted by Gasteiger charge is 2.42. The predicted molar refractivity (Wildman–Crippen MR) is 177 cm³/mol. The number of hydrogen-bond acceptors (Lipinski definition) is 7. The number of fused-ring (bicyclic) bond motifs is 1. The van der Waals surface area contributed by atoms with Crippen LogP contribution in [0.5, 0.6) is 0 Å². The number of piperazine rings is 1. The standard InChI is InChI=1S/C36H39N5O4/c1-36(2)23-30-34(32(42)24-36)35(27-14-16-28(17-15-27)41(44)45)40(31-13-7-6-12-29(31)37-30)25-33(43)39-21-19-38(20-22-39)18-8-11-26-9-4-3-5-10-26/h3-17,35,37H,18-25H2,1-2H3/b11-8+. The zero-order valence-electron chi connectivity index (χ0n) is 25.8. The van der Waals surface area contributed by atoms with Crippen molar-refractivity contribution in [1.82, 2.24) is 9.80 Å². The van der Waals surface area contributed by atoms with E-state index in [-0.39, 0.29) is 29.3 Å². The second-order valence-electron chi connectivity index (χ2n) is 12.8. The van der Waals surface area contributed by atoms with Gasteiger partial charge in [0.25, 0.3) is 5.69 Å². The van der Waals surface area contributed by atoms with Gasteiger partial charge in [-0.3, -0.25) is 24.6 Å². The minimum Gasteiger partial charge on any atom is -0.357 e. The topological polar surface area (TPSA) is 99.0 Å². The maximum atomic E-state index is 14.0. The number of nitrogens with zero attached hydrogens (tertiary/aromatic N) is 4. The van der Waals surface area contributed by atoms with E-state index in [4.69, 9.17) is 0 Å². The SMILES string of the molecule is CC1(C)CC(=O)C2=C(C1)Nc1ccccc1N(CC(=O)N1CCN(C/C=C/c3ccccc3)CC1)C2c1ccc([N+](=O)[O-])cc1. The quantitative estimate of drug-likeness (QED) is 0.258. The van der Waals surface area contributed by atoms with Crippen LogP contribution in [0.4, 0.5) is 17.1 Å². The van der Waals surface area contributed by atoms with Crippen LogP contribution in [0.15, 0.2) is 96.2 Å². The number of anilines is 2. The number of rotatable bonds is 7. The molecule has 0 aromatic heterocycles. The van der Waals surface area contributed by atoms with Crippen molar-refractivity contribution in [3.05, 3.63) is 117 Å². The molecule has 9 heteroatoms. The van der Waals surface area contributed by atoms with Crippen molar-refractivity contribution in [2.45, 2.75) is 32.7 Å². The second-order valence-corrected chi connectivity index (χ2v) is 12.8. The smallest absolute Gasteiger partial charge is 0.269 e. The molecule has 1 atom stereocenters. The number of allylic oxidation sites excluding steroid dienone is 1. The summed E-state index contributed by atoms with van der Waals surface area (Å²) in [5, 5.41) is 15.0. The van der Waals surface area contributed by atoms with Crippen molar-refractivity contribution < 1.29 is 14.5 Å². The summed E-state index contributed by atoms with van der Waals surface area (Å²) in [6, 6.07) is 23.8. The summed E-state index contributed by atoms with van der Waals surface area (Å²) in [5.41, 5.74) is 4.79. The highest BCUT2D eigenvalue weighted by molar-refractivity contribution is 6.02. The number of Topliss-reactive ketones (excluding diaryl/α,β-unsaturated/α-hetero) is 1. The van der Waals surface area contributed by atoms with Gasteiger partial charge in [-0.05, 0) is 47.2 Å². The van der Waals surface area contributed by atoms with E-state index in [0.29, 0.717) is 31.5 Å². The van der Waals surface area contributed by atoms with Gasteiger partial charge in [-0.15, -0.1) is 0 Å². The molecule has 3 aromatic rings. The molecule has 2 aliphatic heterocycles. The fourth-order valence-corrected chi connectivity index (χ4v) is 6.68. The summed E-state index contributed by atoms with van der Waals surface area (Å²) in [5.74, 6) is 0.0170. The molecule has 1 aliphatic carbocycles. The molecule has 9 nitrogen and oxygen atoms in total. The highest BCUT2D eigenvalue weighted by Crippen LogP contribution is 2.48. The summed E-state index contributed by atoms with van der Waals surface area (Å²) in [6.07, 6.45) is 5.35. The Hall–Kier alpha value is -4.76. The molecule has 6 rings (SSSR count). The molecule has 0 saturated carbocycles. The first-order chi connectivity index (χ1) is 21.7. The van der Waals surface area contributed by atoms with Crippen LogP contribution in [0, 0.1) is 15.5 Å². The number of nitro groups is 1. The van der Waals surface area contributed by atoms with Crippen molar-refractivity contribution in [2.75, 3.05) is 49.5 Å². The number of hydrogen-bond donors (Lipinski definition) is 1. The van der Waals surface area contributed by atoms with E-state index in [2.05, 4.69) is 48.3 Å². The highest BCUT2D eigenvalue weighted by atomic mass is 16.6. The van der Waals surface area contributed by atoms with Crippen molar-refractivity contribution in [1.29, 1.82) is 0 Å². The maximum Gasteiger partial charge on any atom is 0.269 e. The van der Waals surface area contributed by atoms with Gasteiger partial charge >= 0.3 is 0 Å². The van der Waals surface area contributed by atoms with Gasteiger partial charge in [0, 0.05) is 62.5 Å². The van der Waals surface area contributed by atoms with Gasteiger partial charge in [-0.1, -0.05) is 68.5 Å². The van der Waals surface area contributed by atoms with Crippen LogP contribution < -0.4 is 10.2 Å². The number of carbonyl (C=O) groups is 2. The molecule has 3 aromatic carbocycles. The molecule has 1 unspecified atom stereocenters. The van der Waals surface area contributed by atoms with Crippen molar-refractivity contribution in [3.8, 4) is 0 Å². The van der Waals surface area contributed by atoms with Gasteiger partial charge in [-0.2, -0.15) is 0 Å². The third-order valence-electron chi connectivity index (χ3n) is 8.93. The molecule has 45 heavy (non-hydrogen) atoms. The van der Waals surface area contributed by atoms with Crippen LogP contribution in [-0.4, -0.2) is 65.7 Å². The maximum absolute atomic E-state index is 14.0. The number of carbonyl (C=O) groups excluding carboxylic acids is 2. The Kier molecular flexibility index (Phi) is 8.54. The van der Waals surface area contributed by atoms with E-state index in [1.165, 1.54) is 17.7 Å². The van der Waals surface area contributed by atoms with Crippen molar-refractivity contribution in [3.63, 3.8) is 0 Å². The number of amides is 1. The van der Waals surface area contributed by atoms with E-state index in [1.807, 2.05) is 52.3 Å². The van der Waals surface area contributed by atoms with Gasteiger partial charge < -0.3 is 15.1 Å². The third-order valence-corrected chi connectivity index (χ3v) is 8.93. The fourth-order valence-electron chi connectivity index (χ4n) is 6.68. The summed E-state index contributed by atoms with van der Waals surface area (Å²) in [4.78, 5) is 45.2. The Morgan fingerprint density at radius 1 is 0.956 bits per heavy atom. The number of nitrogens with one attached hydrogen (secondary N) is 1. The van der Waals surface area contributed by atoms with Crippen LogP contribution in [0.2, 0.25) is 0 Å². The molecule has 0 spiro atoms. The fraction of sp³-hybridized carbons (Fsp3) is 0.333. The molecule has 3 aliphatic rings. The second kappa shape index (κ2) is 12.7. The van der Waals surface area contributed by atoms with E-state index in [0.717, 1.165) is 42.3 Å². The van der Waals surface area contributed by atoms with Crippen LogP contribution >= 0.6 is 0 Å². The Bertz CT molecular complexity index is 1640. The van der Waals surface area contributed by atoms with Crippen LogP contribution in [0.25, 0.3) is 6.08 Å². The van der Waals surface area contributed by atoms with Gasteiger partial charge in [0.2, 0.25) is 5.91 Å². The molecule has 1 amide bonds. The Labute approximate surface area is 264 Å². The number of non-ortho nitro benzene ring substituents is 1. The zero-order valence-corrected chi connectivity index (χ0v) is 25.8. The molecule has 1 N–H and O–H groups in total. The van der Waals surface area contributed by atoms with E-state index in [9.17, 15) is 19.7 Å². The van der Waals surface area contributed by atoms with Crippen LogP contribution in [-0.2, 0) is 9.59 Å². The Balaban J connectivity index is 1.27. The van der Waals surface area contributed by atoms with E-state index < -0.39 is 11.0 Å². The lowest BCUT2D eigenvalue weighted by Gasteiger charge is -2.39. The molecule has 0 radical (unpaired) electrons. The third kappa shape index (κ3) is 6.68. The lowest BCUT2D eigenvalue weighted by molar-refractivity contribution is -0.384. The van der Waals surface area contributed by atoms with Crippen molar-refractivity contribution in [2.24, 2.45) is 5.41 Å². The van der Waals surface area contributed by atoms with Crippen LogP contribution in [0.1, 0.15) is 43.9 Å². The molecule has 0 bridgehead atoms. The van der Waals surface area contributed by atoms with Gasteiger partial charge in [0.05, 0.1) is 28.9 Å². The summed E-state index contributed by atoms with van der Waals surface area (Å²) in [6.45, 7) is 7.86. The lowest BCUT2D eigenvalue weighted by Crippen LogP contribution is -2.51. The monoisotopic (exact) mass is 605 g/mol. The first-order valence-electron chi connectivity index (χ1n) is 15.5. The lowest BCUT2D eigenvalue weighted by atomic mass is 9.73. The minimum atomic E-state index is -0.575. The number of benzene rings is 3. The molecule has 2 heterocycles. The van der Waals surface area contributed by atoms with Gasteiger partial charge in [0.1, 0.15) is 0 Å². The van der Waals surface area contributed by atoms with Crippen LogP contribution in [0.3, 0.4) is 0 Å². The molecule has 232 valence electrons. The van der Waals surface area contributed by atoms with Crippen molar-refractivity contribution >= 4 is 34.8 Å². The summed E-state index contributed by atoms with van der Waals surface area (Å²) < 4.78 is 0. The Morgan fingerprint density at radius 3 is 2.36 bits per heavy atom.